The lowest BCUT2D eigenvalue weighted by molar-refractivity contribution is -0.206. The highest BCUT2D eigenvalue weighted by molar-refractivity contribution is 5.65. The molecule has 7 heteroatoms. The van der Waals surface area contributed by atoms with Crippen molar-refractivity contribution in [3.05, 3.63) is 144 Å². The average molecular weight is 695 g/mol. The van der Waals surface area contributed by atoms with Crippen LogP contribution in [-0.4, -0.2) is 39.6 Å². The lowest BCUT2D eigenvalue weighted by atomic mass is 10.0. The van der Waals surface area contributed by atoms with Gasteiger partial charge in [0.15, 0.2) is 12.6 Å². The van der Waals surface area contributed by atoms with E-state index in [0.717, 1.165) is 59.1 Å². The summed E-state index contributed by atoms with van der Waals surface area (Å²) in [5.41, 5.74) is 6.51. The molecule has 0 aliphatic carbocycles. The number of halogens is 2. The number of benzene rings is 4. The Hall–Kier alpha value is -3.98. The van der Waals surface area contributed by atoms with E-state index in [4.69, 9.17) is 23.7 Å². The lowest BCUT2D eigenvalue weighted by Gasteiger charge is -2.29. The van der Waals surface area contributed by atoms with Gasteiger partial charge in [-0.2, -0.15) is 0 Å². The highest BCUT2D eigenvalue weighted by atomic mass is 19.1. The minimum absolute atomic E-state index is 0.272. The second kappa shape index (κ2) is 18.5. The molecule has 0 radical (unpaired) electrons. The van der Waals surface area contributed by atoms with Crippen LogP contribution < -0.4 is 0 Å². The molecule has 0 atom stereocenters. The highest BCUT2D eigenvalue weighted by Gasteiger charge is 2.24. The summed E-state index contributed by atoms with van der Waals surface area (Å²) in [6.45, 7) is 10.9. The molecule has 6 rings (SSSR count). The molecule has 2 fully saturated rings. The van der Waals surface area contributed by atoms with E-state index in [2.05, 4.69) is 13.2 Å². The van der Waals surface area contributed by atoms with Gasteiger partial charge in [-0.25, -0.2) is 8.78 Å². The summed E-state index contributed by atoms with van der Waals surface area (Å²) in [5, 5.41) is 0. The maximum Gasteiger partial charge on any atom is 0.183 e. The standard InChI is InChI=1S/C44H48F2O5/c1-3-5-7-31-27-48-43(49-28-31)37-15-9-33(10-16-37)39-19-13-35(41(45)25-39)21-23-47-24-22-36-14-20-40(26-42(36)46)34-11-17-38(18-12-34)44-50-29-32(30-51-44)8-6-4-2/h3-4,9-20,25-26,31-32,43-44H,1-2,5-8,21-24,27-30H2. The van der Waals surface area contributed by atoms with Crippen LogP contribution in [0, 0.1) is 23.5 Å². The second-order valence-corrected chi connectivity index (χ2v) is 13.4. The van der Waals surface area contributed by atoms with Crippen molar-refractivity contribution in [1.82, 2.24) is 0 Å². The van der Waals surface area contributed by atoms with E-state index in [1.54, 1.807) is 24.3 Å². The van der Waals surface area contributed by atoms with E-state index in [1.807, 2.05) is 72.8 Å². The van der Waals surface area contributed by atoms with E-state index >= 15 is 8.78 Å². The van der Waals surface area contributed by atoms with Gasteiger partial charge in [-0.1, -0.05) is 84.9 Å². The van der Waals surface area contributed by atoms with Gasteiger partial charge in [0.2, 0.25) is 0 Å². The van der Waals surface area contributed by atoms with Crippen molar-refractivity contribution in [2.45, 2.75) is 51.1 Å². The first-order chi connectivity index (χ1) is 25.0. The van der Waals surface area contributed by atoms with Crippen LogP contribution in [0.5, 0.6) is 0 Å². The van der Waals surface area contributed by atoms with Crippen molar-refractivity contribution in [1.29, 1.82) is 0 Å². The normalized spacial score (nSPS) is 20.6. The molecule has 2 aliphatic rings. The van der Waals surface area contributed by atoms with Crippen LogP contribution in [0.3, 0.4) is 0 Å². The fourth-order valence-corrected chi connectivity index (χ4v) is 6.50. The molecule has 0 amide bonds. The first-order valence-corrected chi connectivity index (χ1v) is 18.0. The third-order valence-corrected chi connectivity index (χ3v) is 9.66. The maximum absolute atomic E-state index is 15.0. The van der Waals surface area contributed by atoms with Crippen LogP contribution in [0.25, 0.3) is 22.3 Å². The molecule has 0 spiro atoms. The molecule has 0 aromatic heterocycles. The number of hydrogen-bond donors (Lipinski definition) is 0. The molecular formula is C44H48F2O5. The molecule has 5 nitrogen and oxygen atoms in total. The molecule has 0 N–H and O–H groups in total. The van der Waals surface area contributed by atoms with Gasteiger partial charge in [-0.15, -0.1) is 13.2 Å². The summed E-state index contributed by atoms with van der Waals surface area (Å²) < 4.78 is 59.6. The molecule has 0 bridgehead atoms. The van der Waals surface area contributed by atoms with Crippen LogP contribution in [0.4, 0.5) is 8.78 Å². The van der Waals surface area contributed by atoms with Gasteiger partial charge in [0.05, 0.1) is 39.6 Å². The zero-order valence-electron chi connectivity index (χ0n) is 29.2. The van der Waals surface area contributed by atoms with Gasteiger partial charge in [-0.05, 0) is 84.0 Å². The number of ether oxygens (including phenoxy) is 5. The fraction of sp³-hybridized carbons (Fsp3) is 0.364. The SMILES string of the molecule is C=CCCC1COC(c2ccc(-c3ccc(CCOCCc4ccc(-c5ccc(C6OCC(CCC=C)CO6)cc5)cc4F)c(F)c3)cc2)OC1. The van der Waals surface area contributed by atoms with Crippen LogP contribution in [0.2, 0.25) is 0 Å². The average Bonchev–Trinajstić information content (AvgIpc) is 3.17. The van der Waals surface area contributed by atoms with Crippen molar-refractivity contribution in [3.8, 4) is 22.3 Å². The Balaban J connectivity index is 0.925. The van der Waals surface area contributed by atoms with Crippen molar-refractivity contribution in [2.24, 2.45) is 11.8 Å². The number of rotatable bonds is 16. The quantitative estimate of drug-likeness (QED) is 0.0863. The lowest BCUT2D eigenvalue weighted by Crippen LogP contribution is -2.26. The Morgan fingerprint density at radius 2 is 0.922 bits per heavy atom. The molecule has 2 saturated heterocycles. The van der Waals surface area contributed by atoms with Gasteiger partial charge in [-0.3, -0.25) is 0 Å². The van der Waals surface area contributed by atoms with E-state index in [9.17, 15) is 0 Å². The predicted molar refractivity (Wildman–Crippen MR) is 197 cm³/mol. The fourth-order valence-electron chi connectivity index (χ4n) is 6.50. The van der Waals surface area contributed by atoms with E-state index in [-0.39, 0.29) is 24.2 Å². The minimum atomic E-state index is -0.378. The van der Waals surface area contributed by atoms with Crippen LogP contribution in [0.15, 0.2) is 110 Å². The molecule has 2 heterocycles. The Morgan fingerprint density at radius 1 is 0.549 bits per heavy atom. The Morgan fingerprint density at radius 3 is 1.27 bits per heavy atom. The van der Waals surface area contributed by atoms with Crippen molar-refractivity contribution in [2.75, 3.05) is 39.6 Å². The third-order valence-electron chi connectivity index (χ3n) is 9.66. The third kappa shape index (κ3) is 10.1. The molecule has 0 saturated carbocycles. The molecule has 51 heavy (non-hydrogen) atoms. The molecule has 4 aromatic carbocycles. The van der Waals surface area contributed by atoms with Gasteiger partial charge >= 0.3 is 0 Å². The summed E-state index contributed by atoms with van der Waals surface area (Å²) in [4.78, 5) is 0. The van der Waals surface area contributed by atoms with Gasteiger partial charge in [0.25, 0.3) is 0 Å². The van der Waals surface area contributed by atoms with Gasteiger partial charge in [0.1, 0.15) is 11.6 Å². The van der Waals surface area contributed by atoms with E-state index < -0.39 is 0 Å². The molecule has 268 valence electrons. The molecule has 0 unspecified atom stereocenters. The maximum atomic E-state index is 15.0. The second-order valence-electron chi connectivity index (χ2n) is 13.4. The number of hydrogen-bond acceptors (Lipinski definition) is 5. The summed E-state index contributed by atoms with van der Waals surface area (Å²) in [7, 11) is 0. The van der Waals surface area contributed by atoms with E-state index in [0.29, 0.717) is 75.4 Å². The van der Waals surface area contributed by atoms with Gasteiger partial charge in [0, 0.05) is 23.0 Å². The van der Waals surface area contributed by atoms with E-state index in [1.165, 1.54) is 0 Å². The summed E-state index contributed by atoms with van der Waals surface area (Å²) >= 11 is 0. The smallest absolute Gasteiger partial charge is 0.183 e. The van der Waals surface area contributed by atoms with Crippen LogP contribution in [0.1, 0.15) is 60.5 Å². The summed E-state index contributed by atoms with van der Waals surface area (Å²) in [6.07, 6.45) is 7.89. The number of allylic oxidation sites excluding steroid dienone is 2. The molecular weight excluding hydrogens is 646 g/mol. The Bertz CT molecular complexity index is 1580. The molecule has 2 aliphatic heterocycles. The minimum Gasteiger partial charge on any atom is -0.381 e. The zero-order valence-corrected chi connectivity index (χ0v) is 29.2. The highest BCUT2D eigenvalue weighted by Crippen LogP contribution is 2.31. The Labute approximate surface area is 300 Å². The largest absolute Gasteiger partial charge is 0.381 e. The van der Waals surface area contributed by atoms with Gasteiger partial charge < -0.3 is 23.7 Å². The Kier molecular flexibility index (Phi) is 13.3. The van der Waals surface area contributed by atoms with Crippen LogP contribution in [-0.2, 0) is 36.5 Å². The molecule has 4 aromatic rings. The van der Waals surface area contributed by atoms with Crippen LogP contribution >= 0.6 is 0 Å². The first-order valence-electron chi connectivity index (χ1n) is 18.0. The van der Waals surface area contributed by atoms with Crippen molar-refractivity contribution < 1.29 is 32.5 Å². The topological polar surface area (TPSA) is 46.2 Å². The predicted octanol–water partition coefficient (Wildman–Crippen LogP) is 10.4. The summed E-state index contributed by atoms with van der Waals surface area (Å²) in [5.74, 6) is 0.237. The zero-order chi connectivity index (χ0) is 35.4. The van der Waals surface area contributed by atoms with Crippen molar-refractivity contribution in [3.63, 3.8) is 0 Å². The monoisotopic (exact) mass is 694 g/mol. The summed E-state index contributed by atoms with van der Waals surface area (Å²) in [6, 6.07) is 26.3. The van der Waals surface area contributed by atoms with Crippen molar-refractivity contribution >= 4 is 0 Å². The first kappa shape index (κ1) is 36.8.